The Morgan fingerprint density at radius 3 is 2.44 bits per heavy atom. The van der Waals surface area contributed by atoms with Gasteiger partial charge < -0.3 is 14.2 Å². The summed E-state index contributed by atoms with van der Waals surface area (Å²) in [6, 6.07) is 12.7. The Bertz CT molecular complexity index is 1340. The number of thiophene rings is 1. The molecular weight excluding hydrogens is 476 g/mol. The van der Waals surface area contributed by atoms with Gasteiger partial charge in [0.2, 0.25) is 5.91 Å². The average Bonchev–Trinajstić information content (AvgIpc) is 3.24. The maximum absolute atomic E-state index is 13.4. The number of aliphatic imine (C=N–C) groups is 1. The second-order valence-corrected chi connectivity index (χ2v) is 9.84. The van der Waals surface area contributed by atoms with Gasteiger partial charge in [-0.2, -0.15) is 0 Å². The van der Waals surface area contributed by atoms with Crippen molar-refractivity contribution in [2.45, 2.75) is 25.7 Å². The number of benzene rings is 2. The average molecular weight is 505 g/mol. The normalized spacial score (nSPS) is 14.9. The van der Waals surface area contributed by atoms with E-state index in [1.807, 2.05) is 18.2 Å². The number of Topliss-reactive ketones (excluding diaryl/α,β-unsaturated/α-hetero) is 1. The fraction of sp³-hybridized carbons (Fsp3) is 0.321. The van der Waals surface area contributed by atoms with Gasteiger partial charge in [0, 0.05) is 21.6 Å². The first kappa shape index (κ1) is 24.1. The maximum atomic E-state index is 13.4. The van der Waals surface area contributed by atoms with Crippen LogP contribution in [-0.4, -0.2) is 51.8 Å². The van der Waals surface area contributed by atoms with Gasteiger partial charge in [-0.15, -0.1) is 11.3 Å². The molecule has 0 atom stereocenters. The molecule has 0 fully saturated rings. The SMILES string of the molecule is COc1ccc(C(=O)CN2C(=O)CN=C(c3ccc(OC)c(OC)c3)c3c2sc2c3CCCC2)cc1. The minimum Gasteiger partial charge on any atom is -0.497 e. The van der Waals surface area contributed by atoms with E-state index in [1.165, 1.54) is 10.4 Å². The van der Waals surface area contributed by atoms with E-state index in [9.17, 15) is 9.59 Å². The summed E-state index contributed by atoms with van der Waals surface area (Å²) in [5, 5.41) is 0.805. The largest absolute Gasteiger partial charge is 0.497 e. The van der Waals surface area contributed by atoms with Crippen LogP contribution >= 0.6 is 11.3 Å². The lowest BCUT2D eigenvalue weighted by molar-refractivity contribution is -0.117. The van der Waals surface area contributed by atoms with Crippen molar-refractivity contribution in [3.05, 3.63) is 69.6 Å². The predicted molar refractivity (Wildman–Crippen MR) is 141 cm³/mol. The van der Waals surface area contributed by atoms with Crippen LogP contribution in [0.5, 0.6) is 17.2 Å². The molecule has 0 spiro atoms. The van der Waals surface area contributed by atoms with Gasteiger partial charge in [0.1, 0.15) is 17.3 Å². The zero-order valence-corrected chi connectivity index (χ0v) is 21.4. The Balaban J connectivity index is 1.57. The van der Waals surface area contributed by atoms with E-state index < -0.39 is 0 Å². The first-order valence-electron chi connectivity index (χ1n) is 11.9. The van der Waals surface area contributed by atoms with E-state index in [4.69, 9.17) is 19.2 Å². The molecule has 36 heavy (non-hydrogen) atoms. The molecule has 1 amide bonds. The zero-order chi connectivity index (χ0) is 25.2. The topological polar surface area (TPSA) is 77.4 Å². The summed E-state index contributed by atoms with van der Waals surface area (Å²) >= 11 is 1.62. The molecule has 7 nitrogen and oxygen atoms in total. The van der Waals surface area contributed by atoms with Crippen LogP contribution in [0.3, 0.4) is 0 Å². The number of rotatable bonds is 7. The van der Waals surface area contributed by atoms with Gasteiger partial charge >= 0.3 is 0 Å². The van der Waals surface area contributed by atoms with Crippen LogP contribution in [0.4, 0.5) is 5.00 Å². The lowest BCUT2D eigenvalue weighted by Crippen LogP contribution is -2.36. The maximum Gasteiger partial charge on any atom is 0.249 e. The summed E-state index contributed by atoms with van der Waals surface area (Å²) in [5.41, 5.74) is 4.37. The van der Waals surface area contributed by atoms with Gasteiger partial charge in [-0.25, -0.2) is 0 Å². The Labute approximate surface area is 214 Å². The van der Waals surface area contributed by atoms with E-state index in [1.54, 1.807) is 61.8 Å². The molecule has 2 aliphatic rings. The Kier molecular flexibility index (Phi) is 6.78. The van der Waals surface area contributed by atoms with Gasteiger partial charge in [-0.3, -0.25) is 19.5 Å². The number of amides is 1. The third-order valence-corrected chi connectivity index (χ3v) is 7.99. The standard InChI is InChI=1S/C28H28N2O5S/c1-33-19-11-8-17(9-12-19)21(31)16-30-25(32)15-29-27(18-10-13-22(34-2)23(14-18)35-3)26-20-6-4-5-7-24(20)36-28(26)30/h8-14H,4-7,15-16H2,1-3H3. The van der Waals surface area contributed by atoms with Crippen LogP contribution in [0.2, 0.25) is 0 Å². The molecule has 0 saturated carbocycles. The third kappa shape index (κ3) is 4.37. The van der Waals surface area contributed by atoms with E-state index in [0.717, 1.165) is 47.5 Å². The highest BCUT2D eigenvalue weighted by Crippen LogP contribution is 2.43. The number of anilines is 1. The van der Waals surface area contributed by atoms with Gasteiger partial charge in [-0.05, 0) is 73.7 Å². The molecule has 186 valence electrons. The van der Waals surface area contributed by atoms with Gasteiger partial charge in [0.05, 0.1) is 33.6 Å². The molecule has 1 aliphatic carbocycles. The summed E-state index contributed by atoms with van der Waals surface area (Å²) in [6.07, 6.45) is 4.12. The van der Waals surface area contributed by atoms with Crippen LogP contribution in [-0.2, 0) is 17.6 Å². The van der Waals surface area contributed by atoms with E-state index >= 15 is 0 Å². The number of carbonyl (C=O) groups excluding carboxylic acids is 2. The van der Waals surface area contributed by atoms with Crippen LogP contribution in [0.1, 0.15) is 44.8 Å². The molecule has 0 unspecified atom stereocenters. The first-order chi connectivity index (χ1) is 17.5. The number of hydrogen-bond donors (Lipinski definition) is 0. The first-order valence-corrected chi connectivity index (χ1v) is 12.7. The lowest BCUT2D eigenvalue weighted by Gasteiger charge is -2.20. The molecule has 2 aromatic carbocycles. The fourth-order valence-corrected chi connectivity index (χ4v) is 6.21. The molecule has 8 heteroatoms. The van der Waals surface area contributed by atoms with E-state index in [0.29, 0.717) is 22.8 Å². The highest BCUT2D eigenvalue weighted by molar-refractivity contribution is 7.17. The molecule has 5 rings (SSSR count). The van der Waals surface area contributed by atoms with Crippen molar-refractivity contribution in [2.24, 2.45) is 4.99 Å². The van der Waals surface area contributed by atoms with Gasteiger partial charge in [0.25, 0.3) is 0 Å². The van der Waals surface area contributed by atoms with Crippen molar-refractivity contribution in [1.29, 1.82) is 0 Å². The van der Waals surface area contributed by atoms with E-state index in [2.05, 4.69) is 0 Å². The smallest absolute Gasteiger partial charge is 0.249 e. The molecule has 0 radical (unpaired) electrons. The Morgan fingerprint density at radius 2 is 1.72 bits per heavy atom. The zero-order valence-electron chi connectivity index (χ0n) is 20.6. The summed E-state index contributed by atoms with van der Waals surface area (Å²) in [4.78, 5) is 34.3. The number of aryl methyl sites for hydroxylation is 1. The molecule has 1 aromatic heterocycles. The minimum atomic E-state index is -0.188. The monoisotopic (exact) mass is 504 g/mol. The number of carbonyl (C=O) groups is 2. The highest BCUT2D eigenvalue weighted by atomic mass is 32.1. The third-order valence-electron chi connectivity index (χ3n) is 6.68. The molecule has 3 aromatic rings. The summed E-state index contributed by atoms with van der Waals surface area (Å²) in [5.74, 6) is 1.60. The second kappa shape index (κ2) is 10.1. The molecule has 1 aliphatic heterocycles. The van der Waals surface area contributed by atoms with Crippen molar-refractivity contribution in [2.75, 3.05) is 39.3 Å². The molecule has 0 saturated heterocycles. The van der Waals surface area contributed by atoms with Crippen molar-refractivity contribution >= 4 is 33.7 Å². The molecular formula is C28H28N2O5S. The van der Waals surface area contributed by atoms with Gasteiger partial charge in [0.15, 0.2) is 17.3 Å². The lowest BCUT2D eigenvalue weighted by atomic mass is 9.91. The summed E-state index contributed by atoms with van der Waals surface area (Å²) in [7, 11) is 4.79. The Hall–Kier alpha value is -3.65. The highest BCUT2D eigenvalue weighted by Gasteiger charge is 2.33. The van der Waals surface area contributed by atoms with Gasteiger partial charge in [-0.1, -0.05) is 0 Å². The van der Waals surface area contributed by atoms with Crippen molar-refractivity contribution in [3.8, 4) is 17.2 Å². The van der Waals surface area contributed by atoms with Crippen LogP contribution < -0.4 is 19.1 Å². The number of methoxy groups -OCH3 is 3. The van der Waals surface area contributed by atoms with Crippen molar-refractivity contribution < 1.29 is 23.8 Å². The number of nitrogens with zero attached hydrogens (tertiary/aromatic N) is 2. The van der Waals surface area contributed by atoms with Crippen molar-refractivity contribution in [3.63, 3.8) is 0 Å². The molecule has 0 N–H and O–H groups in total. The molecule has 2 heterocycles. The van der Waals surface area contributed by atoms with Crippen molar-refractivity contribution in [1.82, 2.24) is 0 Å². The van der Waals surface area contributed by atoms with Crippen LogP contribution in [0.15, 0.2) is 47.5 Å². The van der Waals surface area contributed by atoms with Crippen LogP contribution in [0.25, 0.3) is 0 Å². The van der Waals surface area contributed by atoms with E-state index in [-0.39, 0.29) is 24.8 Å². The number of fused-ring (bicyclic) bond motifs is 3. The fourth-order valence-electron chi connectivity index (χ4n) is 4.80. The summed E-state index contributed by atoms with van der Waals surface area (Å²) in [6.45, 7) is -0.0674. The summed E-state index contributed by atoms with van der Waals surface area (Å²) < 4.78 is 16.1. The number of ether oxygens (including phenoxy) is 3. The van der Waals surface area contributed by atoms with Crippen LogP contribution in [0, 0.1) is 0 Å². The quantitative estimate of drug-likeness (QED) is 0.435. The Morgan fingerprint density at radius 1 is 0.972 bits per heavy atom. The second-order valence-electron chi connectivity index (χ2n) is 8.76. The number of ketones is 1. The predicted octanol–water partition coefficient (Wildman–Crippen LogP) is 4.72. The minimum absolute atomic E-state index is 0.0320. The number of hydrogen-bond acceptors (Lipinski definition) is 7. The molecule has 0 bridgehead atoms.